The average molecular weight is 241 g/mol. The summed E-state index contributed by atoms with van der Waals surface area (Å²) in [6.45, 7) is 2.87. The van der Waals surface area contributed by atoms with Crippen molar-refractivity contribution in [1.82, 2.24) is 15.3 Å². The van der Waals surface area contributed by atoms with Crippen molar-refractivity contribution in [2.24, 2.45) is 0 Å². The number of nitrogens with zero attached hydrogens (tertiary/aromatic N) is 2. The molecule has 1 aromatic heterocycles. The Balaban J connectivity index is 2.08. The van der Waals surface area contributed by atoms with Crippen LogP contribution in [0.5, 0.6) is 5.75 Å². The topological polar surface area (TPSA) is 47.0 Å². The smallest absolute Gasteiger partial charge is 0.122 e. The lowest BCUT2D eigenvalue weighted by Crippen LogP contribution is -2.14. The van der Waals surface area contributed by atoms with E-state index >= 15 is 0 Å². The van der Waals surface area contributed by atoms with Gasteiger partial charge in [-0.1, -0.05) is 12.1 Å². The number of fused-ring (bicyclic) bond motifs is 1. The predicted molar refractivity (Wildman–Crippen MR) is 68.4 cm³/mol. The molecule has 1 aliphatic heterocycles. The van der Waals surface area contributed by atoms with Crippen LogP contribution in [0.4, 0.5) is 0 Å². The molecule has 1 aromatic carbocycles. The lowest BCUT2D eigenvalue weighted by Gasteiger charge is -2.16. The zero-order chi connectivity index (χ0) is 12.5. The molecule has 0 radical (unpaired) electrons. The molecule has 3 rings (SSSR count). The van der Waals surface area contributed by atoms with E-state index in [1.165, 1.54) is 5.56 Å². The summed E-state index contributed by atoms with van der Waals surface area (Å²) in [5.74, 6) is 0.916. The Bertz CT molecular complexity index is 583. The molecule has 1 N–H and O–H groups in total. The molecule has 0 bridgehead atoms. The number of nitrogens with one attached hydrogen (secondary N) is 1. The Kier molecular flexibility index (Phi) is 2.72. The van der Waals surface area contributed by atoms with Crippen molar-refractivity contribution in [2.45, 2.75) is 19.5 Å². The second-order valence-electron chi connectivity index (χ2n) is 4.41. The van der Waals surface area contributed by atoms with Crippen molar-refractivity contribution in [3.8, 4) is 5.75 Å². The molecule has 1 aliphatic rings. The summed E-state index contributed by atoms with van der Waals surface area (Å²) in [6, 6.07) is 6.29. The standard InChI is InChI=1S/C14H15N3O/c1-9-10(4-3-5-13(9)18-2)14-11-6-15-8-17-12(11)7-16-14/h3-6,8,14,16H,7H2,1-2H3. The molecule has 0 spiro atoms. The first-order chi connectivity index (χ1) is 8.81. The quantitative estimate of drug-likeness (QED) is 0.873. The number of hydrogen-bond acceptors (Lipinski definition) is 4. The van der Waals surface area contributed by atoms with Gasteiger partial charge in [0.05, 0.1) is 18.8 Å². The number of methoxy groups -OCH3 is 1. The van der Waals surface area contributed by atoms with E-state index in [2.05, 4.69) is 28.3 Å². The summed E-state index contributed by atoms with van der Waals surface area (Å²) < 4.78 is 5.37. The van der Waals surface area contributed by atoms with E-state index in [0.29, 0.717) is 0 Å². The van der Waals surface area contributed by atoms with E-state index in [4.69, 9.17) is 4.74 Å². The first kappa shape index (κ1) is 11.2. The Hall–Kier alpha value is -1.94. The Morgan fingerprint density at radius 1 is 1.33 bits per heavy atom. The molecular formula is C14H15N3O. The maximum absolute atomic E-state index is 5.37. The summed E-state index contributed by atoms with van der Waals surface area (Å²) in [5.41, 5.74) is 4.63. The normalized spacial score (nSPS) is 17.6. The van der Waals surface area contributed by atoms with Gasteiger partial charge in [0.1, 0.15) is 12.1 Å². The van der Waals surface area contributed by atoms with E-state index in [-0.39, 0.29) is 6.04 Å². The van der Waals surface area contributed by atoms with Crippen LogP contribution in [0.15, 0.2) is 30.7 Å². The van der Waals surface area contributed by atoms with E-state index in [0.717, 1.165) is 29.1 Å². The number of ether oxygens (including phenoxy) is 1. The minimum atomic E-state index is 0.163. The molecule has 0 amide bonds. The van der Waals surface area contributed by atoms with E-state index in [1.54, 1.807) is 13.4 Å². The van der Waals surface area contributed by atoms with Crippen LogP contribution in [-0.2, 0) is 6.54 Å². The van der Waals surface area contributed by atoms with Crippen LogP contribution in [-0.4, -0.2) is 17.1 Å². The largest absolute Gasteiger partial charge is 0.496 e. The van der Waals surface area contributed by atoms with Crippen LogP contribution < -0.4 is 10.1 Å². The molecule has 18 heavy (non-hydrogen) atoms. The molecule has 1 unspecified atom stereocenters. The molecule has 4 heteroatoms. The van der Waals surface area contributed by atoms with Gasteiger partial charge in [-0.2, -0.15) is 0 Å². The van der Waals surface area contributed by atoms with Crippen molar-refractivity contribution in [2.75, 3.05) is 7.11 Å². The lowest BCUT2D eigenvalue weighted by atomic mass is 9.97. The van der Waals surface area contributed by atoms with Gasteiger partial charge in [0.25, 0.3) is 0 Å². The highest BCUT2D eigenvalue weighted by Gasteiger charge is 2.26. The average Bonchev–Trinajstić information content (AvgIpc) is 2.83. The molecule has 0 saturated carbocycles. The SMILES string of the molecule is COc1cccc(C2NCc3ncncc32)c1C. The highest BCUT2D eigenvalue weighted by Crippen LogP contribution is 2.33. The third-order valence-electron chi connectivity index (χ3n) is 3.47. The van der Waals surface area contributed by atoms with E-state index in [9.17, 15) is 0 Å². The van der Waals surface area contributed by atoms with Gasteiger partial charge in [0, 0.05) is 18.3 Å². The highest BCUT2D eigenvalue weighted by molar-refractivity contribution is 5.46. The van der Waals surface area contributed by atoms with Gasteiger partial charge >= 0.3 is 0 Å². The van der Waals surface area contributed by atoms with Gasteiger partial charge < -0.3 is 10.1 Å². The first-order valence-corrected chi connectivity index (χ1v) is 5.97. The zero-order valence-electron chi connectivity index (χ0n) is 10.5. The molecule has 2 heterocycles. The number of aromatic nitrogens is 2. The van der Waals surface area contributed by atoms with Gasteiger partial charge in [-0.3, -0.25) is 0 Å². The molecule has 0 aliphatic carbocycles. The second kappa shape index (κ2) is 4.38. The lowest BCUT2D eigenvalue weighted by molar-refractivity contribution is 0.410. The monoisotopic (exact) mass is 241 g/mol. The van der Waals surface area contributed by atoms with Gasteiger partial charge in [0.15, 0.2) is 0 Å². The van der Waals surface area contributed by atoms with Crippen LogP contribution in [0.2, 0.25) is 0 Å². The summed E-state index contributed by atoms with van der Waals surface area (Å²) in [4.78, 5) is 8.42. The summed E-state index contributed by atoms with van der Waals surface area (Å²) in [7, 11) is 1.70. The fourth-order valence-electron chi connectivity index (χ4n) is 2.51. The highest BCUT2D eigenvalue weighted by atomic mass is 16.5. The maximum Gasteiger partial charge on any atom is 0.122 e. The van der Waals surface area contributed by atoms with Gasteiger partial charge in [-0.15, -0.1) is 0 Å². The third kappa shape index (κ3) is 1.66. The Morgan fingerprint density at radius 3 is 3.06 bits per heavy atom. The number of rotatable bonds is 2. The molecule has 1 atom stereocenters. The number of benzene rings is 1. The molecule has 2 aromatic rings. The van der Waals surface area contributed by atoms with Crippen molar-refractivity contribution >= 4 is 0 Å². The van der Waals surface area contributed by atoms with Crippen LogP contribution in [0, 0.1) is 6.92 Å². The first-order valence-electron chi connectivity index (χ1n) is 5.97. The van der Waals surface area contributed by atoms with Crippen LogP contribution >= 0.6 is 0 Å². The van der Waals surface area contributed by atoms with E-state index in [1.807, 2.05) is 18.3 Å². The minimum absolute atomic E-state index is 0.163. The fourth-order valence-corrected chi connectivity index (χ4v) is 2.51. The van der Waals surface area contributed by atoms with E-state index < -0.39 is 0 Å². The maximum atomic E-state index is 5.37. The summed E-state index contributed by atoms with van der Waals surface area (Å²) in [6.07, 6.45) is 3.49. The molecule has 0 saturated heterocycles. The molecule has 4 nitrogen and oxygen atoms in total. The summed E-state index contributed by atoms with van der Waals surface area (Å²) >= 11 is 0. The Morgan fingerprint density at radius 2 is 2.22 bits per heavy atom. The van der Waals surface area contributed by atoms with Crippen molar-refractivity contribution in [3.63, 3.8) is 0 Å². The second-order valence-corrected chi connectivity index (χ2v) is 4.41. The Labute approximate surface area is 106 Å². The van der Waals surface area contributed by atoms with Gasteiger partial charge in [-0.25, -0.2) is 9.97 Å². The van der Waals surface area contributed by atoms with Crippen LogP contribution in [0.25, 0.3) is 0 Å². The van der Waals surface area contributed by atoms with Crippen molar-refractivity contribution < 1.29 is 4.74 Å². The fraction of sp³-hybridized carbons (Fsp3) is 0.286. The zero-order valence-corrected chi connectivity index (χ0v) is 10.5. The third-order valence-corrected chi connectivity index (χ3v) is 3.47. The van der Waals surface area contributed by atoms with Crippen LogP contribution in [0.3, 0.4) is 0 Å². The molecule has 92 valence electrons. The van der Waals surface area contributed by atoms with Gasteiger partial charge in [0.2, 0.25) is 0 Å². The molecule has 0 fully saturated rings. The molecular weight excluding hydrogens is 226 g/mol. The van der Waals surface area contributed by atoms with Crippen molar-refractivity contribution in [1.29, 1.82) is 0 Å². The summed E-state index contributed by atoms with van der Waals surface area (Å²) in [5, 5.41) is 3.47. The number of hydrogen-bond donors (Lipinski definition) is 1. The van der Waals surface area contributed by atoms with Crippen LogP contribution in [0.1, 0.15) is 28.4 Å². The van der Waals surface area contributed by atoms with Gasteiger partial charge in [-0.05, 0) is 24.1 Å². The predicted octanol–water partition coefficient (Wildman–Crippen LogP) is 1.99. The minimum Gasteiger partial charge on any atom is -0.496 e. The van der Waals surface area contributed by atoms with Crippen molar-refractivity contribution in [3.05, 3.63) is 53.1 Å².